The number of anilines is 1. The van der Waals surface area contributed by atoms with Crippen molar-refractivity contribution in [3.63, 3.8) is 0 Å². The summed E-state index contributed by atoms with van der Waals surface area (Å²) >= 11 is 0. The van der Waals surface area contributed by atoms with E-state index in [0.717, 1.165) is 0 Å². The van der Waals surface area contributed by atoms with E-state index in [1.807, 2.05) is 13.8 Å². The highest BCUT2D eigenvalue weighted by Gasteiger charge is 2.11. The summed E-state index contributed by atoms with van der Waals surface area (Å²) in [5.74, 6) is -0.589. The Labute approximate surface area is 119 Å². The Balaban J connectivity index is 2.61. The van der Waals surface area contributed by atoms with Crippen LogP contribution in [-0.2, 0) is 19.5 Å². The molecule has 0 aliphatic heterocycles. The van der Waals surface area contributed by atoms with Crippen LogP contribution in [0.25, 0.3) is 0 Å². The number of ether oxygens (including phenoxy) is 2. The molecule has 0 heterocycles. The van der Waals surface area contributed by atoms with Gasteiger partial charge < -0.3 is 9.47 Å². The van der Waals surface area contributed by atoms with Gasteiger partial charge in [-0.15, -0.1) is 0 Å². The van der Waals surface area contributed by atoms with Gasteiger partial charge in [0.1, 0.15) is 0 Å². The number of methoxy groups -OCH3 is 1. The molecule has 1 aromatic rings. The number of carbonyl (C=O) groups is 1. The topological polar surface area (TPSA) is 81.7 Å². The molecule has 0 radical (unpaired) electrons. The lowest BCUT2D eigenvalue weighted by Crippen LogP contribution is -2.21. The van der Waals surface area contributed by atoms with Crippen LogP contribution in [0.4, 0.5) is 5.69 Å². The van der Waals surface area contributed by atoms with Gasteiger partial charge in [0.2, 0.25) is 10.0 Å². The largest absolute Gasteiger partial charge is 0.465 e. The monoisotopic (exact) mass is 301 g/mol. The molecule has 1 N–H and O–H groups in total. The second-order valence-electron chi connectivity index (χ2n) is 4.41. The van der Waals surface area contributed by atoms with Gasteiger partial charge in [-0.3, -0.25) is 4.72 Å². The van der Waals surface area contributed by atoms with Crippen LogP contribution in [0.5, 0.6) is 0 Å². The minimum atomic E-state index is -3.46. The van der Waals surface area contributed by atoms with Crippen LogP contribution in [0, 0.1) is 0 Å². The molecule has 112 valence electrons. The zero-order chi connectivity index (χ0) is 15.2. The fourth-order valence-corrected chi connectivity index (χ4v) is 2.33. The summed E-state index contributed by atoms with van der Waals surface area (Å²) in [7, 11) is -2.17. The number of carbonyl (C=O) groups excluding carboxylic acids is 1. The molecule has 0 aromatic heterocycles. The Bertz CT molecular complexity index is 536. The lowest BCUT2D eigenvalue weighted by molar-refractivity contribution is 0.0600. The lowest BCUT2D eigenvalue weighted by Gasteiger charge is -2.10. The first-order valence-electron chi connectivity index (χ1n) is 6.14. The van der Waals surface area contributed by atoms with Crippen molar-refractivity contribution in [1.82, 2.24) is 0 Å². The van der Waals surface area contributed by atoms with Crippen LogP contribution in [0.15, 0.2) is 24.3 Å². The van der Waals surface area contributed by atoms with E-state index >= 15 is 0 Å². The normalized spacial score (nSPS) is 11.4. The molecule has 0 saturated carbocycles. The van der Waals surface area contributed by atoms with Crippen molar-refractivity contribution in [3.8, 4) is 0 Å². The van der Waals surface area contributed by atoms with E-state index in [0.29, 0.717) is 11.3 Å². The van der Waals surface area contributed by atoms with E-state index < -0.39 is 16.0 Å². The van der Waals surface area contributed by atoms with Gasteiger partial charge in [-0.2, -0.15) is 0 Å². The molecular weight excluding hydrogens is 282 g/mol. The molecule has 0 bridgehead atoms. The maximum Gasteiger partial charge on any atom is 0.337 e. The highest BCUT2D eigenvalue weighted by atomic mass is 32.2. The number of hydrogen-bond acceptors (Lipinski definition) is 5. The first kappa shape index (κ1) is 16.5. The lowest BCUT2D eigenvalue weighted by atomic mass is 10.2. The molecule has 0 spiro atoms. The van der Waals surface area contributed by atoms with E-state index in [-0.39, 0.29) is 18.5 Å². The summed E-state index contributed by atoms with van der Waals surface area (Å²) < 4.78 is 35.7. The van der Waals surface area contributed by atoms with Crippen molar-refractivity contribution in [2.24, 2.45) is 0 Å². The van der Waals surface area contributed by atoms with Crippen LogP contribution in [0.2, 0.25) is 0 Å². The SMILES string of the molecule is COC(=O)c1ccc(NS(=O)(=O)CCOC(C)C)cc1. The fraction of sp³-hybridized carbons (Fsp3) is 0.462. The second-order valence-corrected chi connectivity index (χ2v) is 6.25. The van der Waals surface area contributed by atoms with Crippen molar-refractivity contribution in [3.05, 3.63) is 29.8 Å². The summed E-state index contributed by atoms with van der Waals surface area (Å²) in [6.07, 6.45) is -0.00969. The van der Waals surface area contributed by atoms with Crippen LogP contribution < -0.4 is 4.72 Å². The van der Waals surface area contributed by atoms with Gasteiger partial charge in [-0.05, 0) is 38.1 Å². The van der Waals surface area contributed by atoms with Gasteiger partial charge in [0.05, 0.1) is 31.1 Å². The molecule has 1 rings (SSSR count). The van der Waals surface area contributed by atoms with Crippen LogP contribution in [-0.4, -0.2) is 40.0 Å². The average Bonchev–Trinajstić information content (AvgIpc) is 2.37. The predicted octanol–water partition coefficient (Wildman–Crippen LogP) is 1.64. The number of esters is 1. The summed E-state index contributed by atoms with van der Waals surface area (Å²) in [6.45, 7) is 3.81. The summed E-state index contributed by atoms with van der Waals surface area (Å²) in [5.41, 5.74) is 0.751. The van der Waals surface area contributed by atoms with Gasteiger partial charge in [0.25, 0.3) is 0 Å². The Morgan fingerprint density at radius 1 is 1.25 bits per heavy atom. The van der Waals surface area contributed by atoms with Gasteiger partial charge in [-0.1, -0.05) is 0 Å². The molecule has 20 heavy (non-hydrogen) atoms. The third-order valence-electron chi connectivity index (χ3n) is 2.38. The molecule has 0 aliphatic rings. The molecule has 0 atom stereocenters. The van der Waals surface area contributed by atoms with Crippen molar-refractivity contribution in [2.45, 2.75) is 20.0 Å². The van der Waals surface area contributed by atoms with Crippen molar-refractivity contribution in [1.29, 1.82) is 0 Å². The minimum absolute atomic E-state index is 0.00969. The Kier molecular flexibility index (Phi) is 5.97. The molecule has 0 aliphatic carbocycles. The Morgan fingerprint density at radius 2 is 1.85 bits per heavy atom. The maximum atomic E-state index is 11.8. The number of nitrogens with one attached hydrogen (secondary N) is 1. The molecule has 7 heteroatoms. The summed E-state index contributed by atoms with van der Waals surface area (Å²) in [5, 5.41) is 0. The van der Waals surface area contributed by atoms with E-state index in [4.69, 9.17) is 4.74 Å². The van der Waals surface area contributed by atoms with Crippen LogP contribution in [0.3, 0.4) is 0 Å². The molecule has 0 amide bonds. The predicted molar refractivity (Wildman–Crippen MR) is 76.3 cm³/mol. The van der Waals surface area contributed by atoms with Crippen molar-refractivity contribution in [2.75, 3.05) is 24.2 Å². The third kappa shape index (κ3) is 5.58. The smallest absolute Gasteiger partial charge is 0.337 e. The third-order valence-corrected chi connectivity index (χ3v) is 3.63. The molecular formula is C13H19NO5S. The highest BCUT2D eigenvalue weighted by Crippen LogP contribution is 2.12. The van der Waals surface area contributed by atoms with Crippen LogP contribution in [0.1, 0.15) is 24.2 Å². The number of hydrogen-bond donors (Lipinski definition) is 1. The zero-order valence-electron chi connectivity index (χ0n) is 11.8. The van der Waals surface area contributed by atoms with Gasteiger partial charge in [-0.25, -0.2) is 13.2 Å². The minimum Gasteiger partial charge on any atom is -0.465 e. The number of benzene rings is 1. The molecule has 0 fully saturated rings. The summed E-state index contributed by atoms with van der Waals surface area (Å²) in [4.78, 5) is 11.2. The number of sulfonamides is 1. The average molecular weight is 301 g/mol. The second kappa shape index (κ2) is 7.25. The maximum absolute atomic E-state index is 11.8. The highest BCUT2D eigenvalue weighted by molar-refractivity contribution is 7.92. The van der Waals surface area contributed by atoms with Gasteiger partial charge in [0.15, 0.2) is 0 Å². The molecule has 1 aromatic carbocycles. The Hall–Kier alpha value is -1.60. The molecule has 6 nitrogen and oxygen atoms in total. The first-order valence-corrected chi connectivity index (χ1v) is 7.80. The molecule has 0 unspecified atom stereocenters. The summed E-state index contributed by atoms with van der Waals surface area (Å²) in [6, 6.07) is 6.00. The van der Waals surface area contributed by atoms with E-state index in [1.165, 1.54) is 31.4 Å². The first-order chi connectivity index (χ1) is 9.34. The van der Waals surface area contributed by atoms with Gasteiger partial charge in [0, 0.05) is 5.69 Å². The fourth-order valence-electron chi connectivity index (χ4n) is 1.42. The Morgan fingerprint density at radius 3 is 2.35 bits per heavy atom. The number of rotatable bonds is 7. The van der Waals surface area contributed by atoms with Gasteiger partial charge >= 0.3 is 5.97 Å². The van der Waals surface area contributed by atoms with Crippen LogP contribution >= 0.6 is 0 Å². The van der Waals surface area contributed by atoms with E-state index in [1.54, 1.807) is 0 Å². The van der Waals surface area contributed by atoms with Crippen molar-refractivity contribution >= 4 is 21.7 Å². The van der Waals surface area contributed by atoms with E-state index in [9.17, 15) is 13.2 Å². The molecule has 0 saturated heterocycles. The standard InChI is InChI=1S/C13H19NO5S/c1-10(2)19-8-9-20(16,17)14-12-6-4-11(5-7-12)13(15)18-3/h4-7,10,14H,8-9H2,1-3H3. The quantitative estimate of drug-likeness (QED) is 0.774. The van der Waals surface area contributed by atoms with Crippen molar-refractivity contribution < 1.29 is 22.7 Å². The van der Waals surface area contributed by atoms with E-state index in [2.05, 4.69) is 9.46 Å². The zero-order valence-corrected chi connectivity index (χ0v) is 12.6.